The molecule has 4 nitrogen and oxygen atoms in total. The highest BCUT2D eigenvalue weighted by Crippen LogP contribution is 2.62. The maximum atomic E-state index is 13.2. The minimum atomic E-state index is -4.56. The standard InChI is InChI=1S/C19H21F3N4/c1-17(2)15(18(3,4)16(17)26-8-7-24-11-26)25-13-6-5-12(10-23)14(9-13)19(20,21)22/h5-9,11,15-16,25H,1-4H3. The van der Waals surface area contributed by atoms with Gasteiger partial charge in [-0.1, -0.05) is 27.7 Å². The van der Waals surface area contributed by atoms with Crippen LogP contribution in [0, 0.1) is 22.2 Å². The molecule has 1 aromatic heterocycles. The molecule has 0 spiro atoms. The molecule has 0 amide bonds. The van der Waals surface area contributed by atoms with Gasteiger partial charge >= 0.3 is 6.18 Å². The number of nitrogens with one attached hydrogen (secondary N) is 1. The highest BCUT2D eigenvalue weighted by molar-refractivity contribution is 5.54. The Hall–Kier alpha value is -2.49. The molecule has 1 aromatic carbocycles. The number of alkyl halides is 3. The number of aromatic nitrogens is 2. The number of nitriles is 1. The van der Waals surface area contributed by atoms with Gasteiger partial charge in [0.25, 0.3) is 0 Å². The van der Waals surface area contributed by atoms with E-state index in [1.807, 2.05) is 6.20 Å². The summed E-state index contributed by atoms with van der Waals surface area (Å²) in [6, 6.07) is 5.50. The number of nitrogens with zero attached hydrogens (tertiary/aromatic N) is 3. The SMILES string of the molecule is CC1(C)C(Nc2ccc(C#N)c(C(F)(F)F)c2)C(C)(C)C1n1ccnc1. The van der Waals surface area contributed by atoms with Crippen LogP contribution in [0.1, 0.15) is 44.9 Å². The zero-order valence-electron chi connectivity index (χ0n) is 15.1. The van der Waals surface area contributed by atoms with E-state index in [0.29, 0.717) is 5.69 Å². The van der Waals surface area contributed by atoms with E-state index in [1.54, 1.807) is 18.6 Å². The lowest BCUT2D eigenvalue weighted by molar-refractivity contribution is -0.137. The lowest BCUT2D eigenvalue weighted by Gasteiger charge is -2.64. The third-order valence-corrected chi connectivity index (χ3v) is 5.48. The van der Waals surface area contributed by atoms with Crippen LogP contribution in [-0.2, 0) is 6.18 Å². The molecule has 0 radical (unpaired) electrons. The van der Waals surface area contributed by atoms with Crippen molar-refractivity contribution >= 4 is 5.69 Å². The topological polar surface area (TPSA) is 53.6 Å². The molecule has 1 heterocycles. The molecule has 26 heavy (non-hydrogen) atoms. The van der Waals surface area contributed by atoms with Crippen LogP contribution < -0.4 is 5.32 Å². The summed E-state index contributed by atoms with van der Waals surface area (Å²) in [4.78, 5) is 4.11. The fourth-order valence-corrected chi connectivity index (χ4v) is 4.83. The number of hydrogen-bond donors (Lipinski definition) is 1. The number of imidazole rings is 1. The van der Waals surface area contributed by atoms with Crippen molar-refractivity contribution in [3.8, 4) is 6.07 Å². The van der Waals surface area contributed by atoms with Crippen molar-refractivity contribution in [3.63, 3.8) is 0 Å². The fourth-order valence-electron chi connectivity index (χ4n) is 4.83. The second-order valence-corrected chi connectivity index (χ2v) is 8.00. The first-order valence-electron chi connectivity index (χ1n) is 8.35. The van der Waals surface area contributed by atoms with Crippen molar-refractivity contribution in [3.05, 3.63) is 48.0 Å². The molecule has 1 fully saturated rings. The second-order valence-electron chi connectivity index (χ2n) is 8.00. The third-order valence-electron chi connectivity index (χ3n) is 5.48. The summed E-state index contributed by atoms with van der Waals surface area (Å²) in [5, 5.41) is 12.2. The normalized spacial score (nSPS) is 23.8. The lowest BCUT2D eigenvalue weighted by Crippen LogP contribution is -2.66. The number of halogens is 3. The van der Waals surface area contributed by atoms with Gasteiger partial charge in [0.15, 0.2) is 0 Å². The summed E-state index contributed by atoms with van der Waals surface area (Å²) in [5.41, 5.74) is -1.31. The predicted molar refractivity (Wildman–Crippen MR) is 92.4 cm³/mol. The molecule has 1 aliphatic carbocycles. The van der Waals surface area contributed by atoms with Crippen LogP contribution in [0.4, 0.5) is 18.9 Å². The molecule has 0 unspecified atom stereocenters. The van der Waals surface area contributed by atoms with Crippen LogP contribution in [0.3, 0.4) is 0 Å². The van der Waals surface area contributed by atoms with E-state index < -0.39 is 11.7 Å². The van der Waals surface area contributed by atoms with Gasteiger partial charge in [0.2, 0.25) is 0 Å². The van der Waals surface area contributed by atoms with Crippen molar-refractivity contribution in [2.45, 2.75) is 46.0 Å². The molecule has 7 heteroatoms. The molecule has 1 aliphatic rings. The summed E-state index contributed by atoms with van der Waals surface area (Å²) < 4.78 is 41.7. The lowest BCUT2D eigenvalue weighted by atomic mass is 9.48. The van der Waals surface area contributed by atoms with Gasteiger partial charge < -0.3 is 9.88 Å². The van der Waals surface area contributed by atoms with Crippen LogP contribution in [0.25, 0.3) is 0 Å². The van der Waals surface area contributed by atoms with Crippen molar-refractivity contribution in [1.29, 1.82) is 5.26 Å². The predicted octanol–water partition coefficient (Wildman–Crippen LogP) is 4.86. The first-order valence-corrected chi connectivity index (χ1v) is 8.35. The molecule has 1 saturated carbocycles. The Bertz CT molecular complexity index is 829. The van der Waals surface area contributed by atoms with E-state index >= 15 is 0 Å². The molecule has 0 atom stereocenters. The molecular formula is C19H21F3N4. The van der Waals surface area contributed by atoms with Crippen LogP contribution in [0.15, 0.2) is 36.9 Å². The highest BCUT2D eigenvalue weighted by atomic mass is 19.4. The minimum Gasteiger partial charge on any atom is -0.381 e. The summed E-state index contributed by atoms with van der Waals surface area (Å²) in [6.07, 6.45) is 0.845. The Labute approximate surface area is 150 Å². The van der Waals surface area contributed by atoms with Gasteiger partial charge in [-0.05, 0) is 18.2 Å². The van der Waals surface area contributed by atoms with Gasteiger partial charge in [0.1, 0.15) is 0 Å². The molecule has 0 bridgehead atoms. The summed E-state index contributed by atoms with van der Waals surface area (Å²) in [6.45, 7) is 8.37. The van der Waals surface area contributed by atoms with Gasteiger partial charge in [-0.3, -0.25) is 0 Å². The van der Waals surface area contributed by atoms with E-state index in [9.17, 15) is 13.2 Å². The van der Waals surface area contributed by atoms with Crippen molar-refractivity contribution in [2.75, 3.05) is 5.32 Å². The number of hydrogen-bond acceptors (Lipinski definition) is 3. The van der Waals surface area contributed by atoms with E-state index in [4.69, 9.17) is 5.26 Å². The van der Waals surface area contributed by atoms with Gasteiger partial charge in [0, 0.05) is 41.0 Å². The first-order chi connectivity index (χ1) is 12.0. The van der Waals surface area contributed by atoms with Gasteiger partial charge in [-0.2, -0.15) is 18.4 Å². The Kier molecular flexibility index (Phi) is 4.06. The molecule has 2 aromatic rings. The highest BCUT2D eigenvalue weighted by Gasteiger charge is 2.62. The summed E-state index contributed by atoms with van der Waals surface area (Å²) in [7, 11) is 0. The zero-order chi connectivity index (χ0) is 19.3. The fraction of sp³-hybridized carbons (Fsp3) is 0.474. The monoisotopic (exact) mass is 362 g/mol. The van der Waals surface area contributed by atoms with Crippen molar-refractivity contribution < 1.29 is 13.2 Å². The quantitative estimate of drug-likeness (QED) is 0.848. The van der Waals surface area contributed by atoms with E-state index in [1.165, 1.54) is 12.1 Å². The van der Waals surface area contributed by atoms with Crippen molar-refractivity contribution in [1.82, 2.24) is 9.55 Å². The maximum absolute atomic E-state index is 13.2. The Morgan fingerprint density at radius 2 is 1.85 bits per heavy atom. The third kappa shape index (κ3) is 2.74. The van der Waals surface area contributed by atoms with Crippen molar-refractivity contribution in [2.24, 2.45) is 10.8 Å². The Balaban J connectivity index is 1.92. The average Bonchev–Trinajstić information content (AvgIpc) is 3.04. The van der Waals surface area contributed by atoms with E-state index in [2.05, 4.69) is 42.6 Å². The van der Waals surface area contributed by atoms with Crippen LogP contribution >= 0.6 is 0 Å². The van der Waals surface area contributed by atoms with E-state index in [-0.39, 0.29) is 28.5 Å². The smallest absolute Gasteiger partial charge is 0.381 e. The largest absolute Gasteiger partial charge is 0.417 e. The van der Waals surface area contributed by atoms with Gasteiger partial charge in [-0.15, -0.1) is 0 Å². The number of benzene rings is 1. The molecule has 138 valence electrons. The summed E-state index contributed by atoms with van der Waals surface area (Å²) in [5.74, 6) is 0. The number of rotatable bonds is 3. The Morgan fingerprint density at radius 1 is 1.19 bits per heavy atom. The second kappa shape index (κ2) is 5.76. The van der Waals surface area contributed by atoms with Gasteiger partial charge in [0.05, 0.1) is 23.5 Å². The van der Waals surface area contributed by atoms with Gasteiger partial charge in [-0.25, -0.2) is 4.98 Å². The first kappa shape index (κ1) is 18.3. The molecule has 3 rings (SSSR count). The zero-order valence-corrected chi connectivity index (χ0v) is 15.1. The summed E-state index contributed by atoms with van der Waals surface area (Å²) >= 11 is 0. The minimum absolute atomic E-state index is 0.0450. The van der Waals surface area contributed by atoms with Crippen LogP contribution in [0.5, 0.6) is 0 Å². The molecule has 0 aliphatic heterocycles. The Morgan fingerprint density at radius 3 is 2.35 bits per heavy atom. The molecule has 0 saturated heterocycles. The molecular weight excluding hydrogens is 341 g/mol. The van der Waals surface area contributed by atoms with Crippen LogP contribution in [-0.4, -0.2) is 15.6 Å². The van der Waals surface area contributed by atoms with E-state index in [0.717, 1.165) is 6.07 Å². The number of anilines is 1. The maximum Gasteiger partial charge on any atom is 0.417 e. The van der Waals surface area contributed by atoms with Crippen LogP contribution in [0.2, 0.25) is 0 Å². The average molecular weight is 362 g/mol. The molecule has 1 N–H and O–H groups in total.